The first-order chi connectivity index (χ1) is 33.1. The van der Waals surface area contributed by atoms with E-state index in [2.05, 4.69) is 28.9 Å². The molecule has 0 bridgehead atoms. The summed E-state index contributed by atoms with van der Waals surface area (Å²) >= 11 is 0. The number of anilines is 1. The van der Waals surface area contributed by atoms with Crippen molar-refractivity contribution >= 4 is 38.4 Å². The molecule has 0 aliphatic rings. The number of hydrogen-bond acceptors (Lipinski definition) is 10. The lowest BCUT2D eigenvalue weighted by Crippen LogP contribution is -2.41. The molecule has 2 N–H and O–H groups in total. The van der Waals surface area contributed by atoms with Crippen molar-refractivity contribution in [3.05, 3.63) is 48.3 Å². The number of fused-ring (bicyclic) bond motifs is 1. The van der Waals surface area contributed by atoms with Crippen LogP contribution < -0.4 is 9.62 Å². The zero-order chi connectivity index (χ0) is 49.1. The van der Waals surface area contributed by atoms with E-state index in [1.165, 1.54) is 146 Å². The Labute approximate surface area is 412 Å². The van der Waals surface area contributed by atoms with Gasteiger partial charge in [-0.3, -0.25) is 9.59 Å². The zero-order valence-electron chi connectivity index (χ0n) is 43.0. The van der Waals surface area contributed by atoms with E-state index in [9.17, 15) is 23.1 Å². The Morgan fingerprint density at radius 3 is 1.46 bits per heavy atom. The minimum absolute atomic E-state index is 0.0432. The van der Waals surface area contributed by atoms with Gasteiger partial charge in [0.25, 0.3) is 0 Å². The van der Waals surface area contributed by atoms with Gasteiger partial charge in [0.05, 0.1) is 30.3 Å². The molecule has 0 aliphatic carbocycles. The Kier molecular flexibility index (Phi) is 31.5. The fourth-order valence-corrected chi connectivity index (χ4v) is 10.2. The van der Waals surface area contributed by atoms with E-state index in [1.54, 1.807) is 24.4 Å². The Morgan fingerprint density at radius 2 is 1.01 bits per heavy atom. The standard InChI is InChI=1S/C55H93N5O7S/c1-5-7-9-11-13-15-17-19-21-23-25-27-29-31-33-41-54(62)66-51(52(46-61)67-55(63)42-34-32-30-28-26-24-22-20-18-16-14-12-10-8-6-2)45-60-44-47(57-58-60)43-56-68(64,65)53-40-36-37-48-49(53)38-35-39-50(48)59(3)4/h35-40,44,51-52,56,61H,5-34,41-43,45-46H2,1-4H3/t51-,52-/m0/s1. The second-order valence-electron chi connectivity index (χ2n) is 19.4. The van der Waals surface area contributed by atoms with Crippen LogP contribution in [0, 0.1) is 0 Å². The molecule has 12 nitrogen and oxygen atoms in total. The van der Waals surface area contributed by atoms with Gasteiger partial charge < -0.3 is 19.5 Å². The number of unbranched alkanes of at least 4 members (excludes halogenated alkanes) is 28. The van der Waals surface area contributed by atoms with Crippen LogP contribution in [0.1, 0.15) is 225 Å². The topological polar surface area (TPSA) is 153 Å². The zero-order valence-corrected chi connectivity index (χ0v) is 43.9. The average molecular weight is 968 g/mol. The lowest BCUT2D eigenvalue weighted by Gasteiger charge is -2.25. The van der Waals surface area contributed by atoms with E-state index < -0.39 is 40.8 Å². The van der Waals surface area contributed by atoms with Gasteiger partial charge in [-0.05, 0) is 25.0 Å². The Bertz CT molecular complexity index is 1890. The van der Waals surface area contributed by atoms with Crippen molar-refractivity contribution in [3.8, 4) is 0 Å². The van der Waals surface area contributed by atoms with Crippen molar-refractivity contribution in [2.45, 2.75) is 250 Å². The van der Waals surface area contributed by atoms with Gasteiger partial charge in [0.2, 0.25) is 10.0 Å². The van der Waals surface area contributed by atoms with Crippen LogP contribution in [0.2, 0.25) is 0 Å². The summed E-state index contributed by atoms with van der Waals surface area (Å²) in [6.45, 7) is 3.81. The summed E-state index contributed by atoms with van der Waals surface area (Å²) in [6, 6.07) is 10.8. The van der Waals surface area contributed by atoms with Gasteiger partial charge in [0, 0.05) is 49.6 Å². The molecule has 0 fully saturated rings. The molecule has 1 heterocycles. The van der Waals surface area contributed by atoms with Crippen LogP contribution in [0.5, 0.6) is 0 Å². The highest BCUT2D eigenvalue weighted by Gasteiger charge is 2.30. The number of rotatable bonds is 43. The van der Waals surface area contributed by atoms with E-state index in [0.29, 0.717) is 23.9 Å². The second kappa shape index (κ2) is 36.4. The molecule has 0 aliphatic heterocycles. The van der Waals surface area contributed by atoms with Crippen molar-refractivity contribution in [1.82, 2.24) is 19.7 Å². The molecule has 0 radical (unpaired) electrons. The number of carbonyl (C=O) groups excluding carboxylic acids is 2. The summed E-state index contributed by atoms with van der Waals surface area (Å²) in [5.74, 6) is -0.871. The van der Waals surface area contributed by atoms with Crippen molar-refractivity contribution in [2.24, 2.45) is 0 Å². The molecular formula is C55H93N5O7S. The molecule has 1 aromatic heterocycles. The van der Waals surface area contributed by atoms with Crippen molar-refractivity contribution in [1.29, 1.82) is 0 Å². The number of benzene rings is 2. The number of carbonyl (C=O) groups is 2. The van der Waals surface area contributed by atoms with Gasteiger partial charge in [-0.2, -0.15) is 0 Å². The average Bonchev–Trinajstić information content (AvgIpc) is 3.79. The molecule has 3 aromatic rings. The van der Waals surface area contributed by atoms with Crippen LogP contribution >= 0.6 is 0 Å². The highest BCUT2D eigenvalue weighted by molar-refractivity contribution is 7.89. The highest BCUT2D eigenvalue weighted by Crippen LogP contribution is 2.30. The Morgan fingerprint density at radius 1 is 0.603 bits per heavy atom. The van der Waals surface area contributed by atoms with Gasteiger partial charge >= 0.3 is 11.9 Å². The smallest absolute Gasteiger partial charge is 0.306 e. The van der Waals surface area contributed by atoms with Crippen LogP contribution in [-0.2, 0) is 42.2 Å². The van der Waals surface area contributed by atoms with Gasteiger partial charge in [0.15, 0.2) is 12.2 Å². The molecule has 0 amide bonds. The summed E-state index contributed by atoms with van der Waals surface area (Å²) < 4.78 is 43.0. The van der Waals surface area contributed by atoms with E-state index in [0.717, 1.165) is 49.6 Å². The minimum Gasteiger partial charge on any atom is -0.456 e. The summed E-state index contributed by atoms with van der Waals surface area (Å²) in [5.41, 5.74) is 1.25. The Balaban J connectivity index is 1.48. The van der Waals surface area contributed by atoms with Gasteiger partial charge in [-0.25, -0.2) is 17.8 Å². The summed E-state index contributed by atoms with van der Waals surface area (Å²) in [7, 11) is -0.111. The van der Waals surface area contributed by atoms with Crippen LogP contribution in [0.25, 0.3) is 10.8 Å². The number of hydrogen-bond donors (Lipinski definition) is 2. The molecule has 2 atom stereocenters. The van der Waals surface area contributed by atoms with Gasteiger partial charge in [-0.1, -0.05) is 223 Å². The first-order valence-electron chi connectivity index (χ1n) is 27.2. The van der Waals surface area contributed by atoms with Crippen LogP contribution in [0.15, 0.2) is 47.5 Å². The predicted molar refractivity (Wildman–Crippen MR) is 278 cm³/mol. The normalized spacial score (nSPS) is 12.7. The minimum atomic E-state index is -3.94. The van der Waals surface area contributed by atoms with E-state index in [4.69, 9.17) is 9.47 Å². The quantitative estimate of drug-likeness (QED) is 0.0414. The SMILES string of the molecule is CCCCCCCCCCCCCCCCCC(=O)O[C@@H](CO)[C@H](Cn1cc(CNS(=O)(=O)c2cccc3c(N(C)C)cccc23)nn1)OC(=O)CCCCCCCCCCCCCCCCC. The molecule has 386 valence electrons. The third-order valence-corrected chi connectivity index (χ3v) is 14.6. The number of aliphatic hydroxyl groups is 1. The molecule has 68 heavy (non-hydrogen) atoms. The van der Waals surface area contributed by atoms with Gasteiger partial charge in [-0.15, -0.1) is 5.10 Å². The molecule has 0 saturated heterocycles. The lowest BCUT2D eigenvalue weighted by molar-refractivity contribution is -0.172. The number of ether oxygens (including phenoxy) is 2. The number of nitrogens with one attached hydrogen (secondary N) is 1. The number of esters is 2. The third-order valence-electron chi connectivity index (χ3n) is 13.2. The maximum absolute atomic E-state index is 13.6. The van der Waals surface area contributed by atoms with Crippen LogP contribution in [0.3, 0.4) is 0 Å². The van der Waals surface area contributed by atoms with Crippen molar-refractivity contribution < 1.29 is 32.6 Å². The predicted octanol–water partition coefficient (Wildman–Crippen LogP) is 13.3. The van der Waals surface area contributed by atoms with Crippen LogP contribution in [-0.4, -0.2) is 73.4 Å². The monoisotopic (exact) mass is 968 g/mol. The lowest BCUT2D eigenvalue weighted by atomic mass is 10.0. The maximum Gasteiger partial charge on any atom is 0.306 e. The number of aliphatic hydroxyl groups excluding tert-OH is 1. The van der Waals surface area contributed by atoms with E-state index in [1.807, 2.05) is 37.2 Å². The highest BCUT2D eigenvalue weighted by atomic mass is 32.2. The first kappa shape index (κ1) is 58.8. The van der Waals surface area contributed by atoms with Crippen molar-refractivity contribution in [2.75, 3.05) is 25.6 Å². The third kappa shape index (κ3) is 24.8. The largest absolute Gasteiger partial charge is 0.456 e. The summed E-state index contributed by atoms with van der Waals surface area (Å²) in [4.78, 5) is 28.4. The molecular weight excluding hydrogens is 875 g/mol. The van der Waals surface area contributed by atoms with Crippen molar-refractivity contribution in [3.63, 3.8) is 0 Å². The van der Waals surface area contributed by atoms with Crippen LogP contribution in [0.4, 0.5) is 5.69 Å². The number of nitrogens with zero attached hydrogens (tertiary/aromatic N) is 4. The molecule has 2 aromatic carbocycles. The molecule has 3 rings (SSSR count). The molecule has 0 unspecified atom stereocenters. The summed E-state index contributed by atoms with van der Waals surface area (Å²) in [5, 5.41) is 20.3. The maximum atomic E-state index is 13.6. The van der Waals surface area contributed by atoms with Gasteiger partial charge in [0.1, 0.15) is 0 Å². The van der Waals surface area contributed by atoms with E-state index >= 15 is 0 Å². The molecule has 0 spiro atoms. The number of aromatic nitrogens is 3. The molecule has 13 heteroatoms. The fourth-order valence-electron chi connectivity index (χ4n) is 9.03. The first-order valence-corrected chi connectivity index (χ1v) is 28.6. The Hall–Kier alpha value is -3.55. The van der Waals surface area contributed by atoms with E-state index in [-0.39, 0.29) is 30.8 Å². The summed E-state index contributed by atoms with van der Waals surface area (Å²) in [6.07, 6.45) is 36.7. The molecule has 0 saturated carbocycles. The number of sulfonamides is 1. The fraction of sp³-hybridized carbons (Fsp3) is 0.745. The second-order valence-corrected chi connectivity index (χ2v) is 21.2.